The third kappa shape index (κ3) is 1.69. The predicted octanol–water partition coefficient (Wildman–Crippen LogP) is 1.78. The molecular formula is C14H17N5. The summed E-state index contributed by atoms with van der Waals surface area (Å²) in [5.41, 5.74) is 8.41. The lowest BCUT2D eigenvalue weighted by molar-refractivity contribution is 0.260. The Balaban J connectivity index is 1.66. The first-order valence-corrected chi connectivity index (χ1v) is 6.86. The van der Waals surface area contributed by atoms with Crippen LogP contribution in [-0.4, -0.2) is 25.5 Å². The van der Waals surface area contributed by atoms with Crippen LogP contribution in [0.25, 0.3) is 11.3 Å². The molecule has 2 fully saturated rings. The monoisotopic (exact) mass is 255 g/mol. The first kappa shape index (κ1) is 11.1. The molecule has 2 aromatic rings. The van der Waals surface area contributed by atoms with E-state index < -0.39 is 0 Å². The van der Waals surface area contributed by atoms with Crippen molar-refractivity contribution in [3.63, 3.8) is 0 Å². The van der Waals surface area contributed by atoms with Gasteiger partial charge < -0.3 is 5.73 Å². The van der Waals surface area contributed by atoms with Crippen molar-refractivity contribution in [3.8, 4) is 11.3 Å². The standard InChI is InChI=1S/C14H17N5/c15-14-4-1-10(8-14)7-13(14)19-9-12(17-18-19)11-2-5-16-6-3-11/h2-3,5-6,9-10,13H,1,4,7-8,15H2/t10-,13-,14+/m1/s1. The zero-order valence-electron chi connectivity index (χ0n) is 10.7. The number of nitrogens with zero attached hydrogens (tertiary/aromatic N) is 4. The second-order valence-corrected chi connectivity index (χ2v) is 5.91. The Morgan fingerprint density at radius 3 is 2.84 bits per heavy atom. The molecule has 0 aliphatic heterocycles. The van der Waals surface area contributed by atoms with Gasteiger partial charge in [0.25, 0.3) is 0 Å². The molecule has 4 rings (SSSR count). The summed E-state index contributed by atoms with van der Waals surface area (Å²) in [5.74, 6) is 0.781. The number of aromatic nitrogens is 4. The summed E-state index contributed by atoms with van der Waals surface area (Å²) in [7, 11) is 0. The molecule has 0 saturated heterocycles. The van der Waals surface area contributed by atoms with E-state index >= 15 is 0 Å². The van der Waals surface area contributed by atoms with Gasteiger partial charge >= 0.3 is 0 Å². The highest BCUT2D eigenvalue weighted by atomic mass is 15.4. The van der Waals surface area contributed by atoms with E-state index in [0.29, 0.717) is 6.04 Å². The van der Waals surface area contributed by atoms with Crippen molar-refractivity contribution in [3.05, 3.63) is 30.7 Å². The summed E-state index contributed by atoms with van der Waals surface area (Å²) in [6.07, 6.45) is 10.3. The highest BCUT2D eigenvalue weighted by molar-refractivity contribution is 5.56. The molecule has 2 aromatic heterocycles. The van der Waals surface area contributed by atoms with E-state index in [1.54, 1.807) is 12.4 Å². The molecule has 2 N–H and O–H groups in total. The third-order valence-electron chi connectivity index (χ3n) is 4.71. The van der Waals surface area contributed by atoms with Crippen molar-refractivity contribution in [2.45, 2.75) is 37.3 Å². The summed E-state index contributed by atoms with van der Waals surface area (Å²) in [4.78, 5) is 4.02. The van der Waals surface area contributed by atoms with Crippen LogP contribution in [0.4, 0.5) is 0 Å². The molecule has 2 saturated carbocycles. The Kier molecular flexibility index (Phi) is 2.26. The Morgan fingerprint density at radius 1 is 1.32 bits per heavy atom. The quantitative estimate of drug-likeness (QED) is 0.888. The minimum absolute atomic E-state index is 0.0616. The summed E-state index contributed by atoms with van der Waals surface area (Å²) in [6.45, 7) is 0. The molecule has 0 radical (unpaired) electrons. The lowest BCUT2D eigenvalue weighted by Gasteiger charge is -2.30. The van der Waals surface area contributed by atoms with Crippen LogP contribution in [0.3, 0.4) is 0 Å². The predicted molar refractivity (Wildman–Crippen MR) is 71.2 cm³/mol. The fourth-order valence-electron chi connectivity index (χ4n) is 3.72. The summed E-state index contributed by atoms with van der Waals surface area (Å²) in [5, 5.41) is 8.58. The van der Waals surface area contributed by atoms with E-state index in [9.17, 15) is 0 Å². The van der Waals surface area contributed by atoms with Gasteiger partial charge in [-0.05, 0) is 43.7 Å². The normalized spacial score (nSPS) is 32.9. The summed E-state index contributed by atoms with van der Waals surface area (Å²) < 4.78 is 1.98. The zero-order valence-corrected chi connectivity index (χ0v) is 10.7. The molecule has 2 bridgehead atoms. The second kappa shape index (κ2) is 3.87. The maximum atomic E-state index is 6.53. The van der Waals surface area contributed by atoms with Crippen molar-refractivity contribution in [1.82, 2.24) is 20.0 Å². The molecule has 3 atom stereocenters. The second-order valence-electron chi connectivity index (χ2n) is 5.91. The van der Waals surface area contributed by atoms with Crippen molar-refractivity contribution in [2.24, 2.45) is 11.7 Å². The number of rotatable bonds is 2. The topological polar surface area (TPSA) is 69.6 Å². The van der Waals surface area contributed by atoms with Gasteiger partial charge in [-0.2, -0.15) is 0 Å². The number of hydrogen-bond acceptors (Lipinski definition) is 4. The Hall–Kier alpha value is -1.75. The first-order valence-electron chi connectivity index (χ1n) is 6.86. The maximum Gasteiger partial charge on any atom is 0.113 e. The Morgan fingerprint density at radius 2 is 2.16 bits per heavy atom. The lowest BCUT2D eigenvalue weighted by Crippen LogP contribution is -2.43. The number of fused-ring (bicyclic) bond motifs is 2. The van der Waals surface area contributed by atoms with Gasteiger partial charge in [-0.15, -0.1) is 5.10 Å². The molecule has 5 heteroatoms. The van der Waals surface area contributed by atoms with E-state index in [1.807, 2.05) is 23.0 Å². The molecule has 0 amide bonds. The average Bonchev–Trinajstić information content (AvgIpc) is 3.11. The van der Waals surface area contributed by atoms with Gasteiger partial charge in [0.15, 0.2) is 0 Å². The van der Waals surface area contributed by atoms with Crippen LogP contribution >= 0.6 is 0 Å². The fourth-order valence-corrected chi connectivity index (χ4v) is 3.72. The highest BCUT2D eigenvalue weighted by Gasteiger charge is 2.50. The fraction of sp³-hybridized carbons (Fsp3) is 0.500. The van der Waals surface area contributed by atoms with Gasteiger partial charge in [0.05, 0.1) is 12.2 Å². The molecular weight excluding hydrogens is 238 g/mol. The molecule has 98 valence electrons. The van der Waals surface area contributed by atoms with E-state index in [1.165, 1.54) is 6.42 Å². The van der Waals surface area contributed by atoms with E-state index in [-0.39, 0.29) is 5.54 Å². The summed E-state index contributed by atoms with van der Waals surface area (Å²) >= 11 is 0. The van der Waals surface area contributed by atoms with Crippen molar-refractivity contribution in [2.75, 3.05) is 0 Å². The molecule has 5 nitrogen and oxygen atoms in total. The van der Waals surface area contributed by atoms with Crippen LogP contribution in [0.2, 0.25) is 0 Å². The number of nitrogens with two attached hydrogens (primary N) is 1. The smallest absolute Gasteiger partial charge is 0.113 e. The van der Waals surface area contributed by atoms with Gasteiger partial charge in [-0.3, -0.25) is 4.98 Å². The zero-order chi connectivity index (χ0) is 12.9. The van der Waals surface area contributed by atoms with Crippen LogP contribution in [0.1, 0.15) is 31.7 Å². The lowest BCUT2D eigenvalue weighted by atomic mass is 9.89. The van der Waals surface area contributed by atoms with Crippen molar-refractivity contribution in [1.29, 1.82) is 0 Å². The molecule has 0 unspecified atom stereocenters. The Bertz CT molecular complexity index is 593. The SMILES string of the molecule is N[C@]12CC[C@H](C[C@H]1n1cc(-c3ccncc3)nn1)C2. The molecule has 2 heterocycles. The number of hydrogen-bond donors (Lipinski definition) is 1. The van der Waals surface area contributed by atoms with Crippen LogP contribution in [0, 0.1) is 5.92 Å². The van der Waals surface area contributed by atoms with Crippen molar-refractivity contribution < 1.29 is 0 Å². The van der Waals surface area contributed by atoms with E-state index in [4.69, 9.17) is 5.73 Å². The Labute approximate surface area is 111 Å². The molecule has 0 aromatic carbocycles. The van der Waals surface area contributed by atoms with Crippen LogP contribution in [0.15, 0.2) is 30.7 Å². The molecule has 19 heavy (non-hydrogen) atoms. The van der Waals surface area contributed by atoms with Crippen LogP contribution < -0.4 is 5.73 Å². The van der Waals surface area contributed by atoms with Crippen molar-refractivity contribution >= 4 is 0 Å². The highest BCUT2D eigenvalue weighted by Crippen LogP contribution is 2.51. The average molecular weight is 255 g/mol. The molecule has 0 spiro atoms. The minimum atomic E-state index is -0.0616. The van der Waals surface area contributed by atoms with E-state index in [0.717, 1.165) is 36.4 Å². The van der Waals surface area contributed by atoms with Gasteiger partial charge in [0, 0.05) is 23.5 Å². The maximum absolute atomic E-state index is 6.53. The van der Waals surface area contributed by atoms with E-state index in [2.05, 4.69) is 15.3 Å². The molecule has 2 aliphatic rings. The molecule has 2 aliphatic carbocycles. The largest absolute Gasteiger partial charge is 0.323 e. The van der Waals surface area contributed by atoms with Crippen LogP contribution in [0.5, 0.6) is 0 Å². The first-order chi connectivity index (χ1) is 9.24. The minimum Gasteiger partial charge on any atom is -0.323 e. The number of pyridine rings is 1. The van der Waals surface area contributed by atoms with Gasteiger partial charge in [-0.1, -0.05) is 5.21 Å². The van der Waals surface area contributed by atoms with Gasteiger partial charge in [0.1, 0.15) is 5.69 Å². The van der Waals surface area contributed by atoms with Crippen LogP contribution in [-0.2, 0) is 0 Å². The van der Waals surface area contributed by atoms with Gasteiger partial charge in [0.2, 0.25) is 0 Å². The summed E-state index contributed by atoms with van der Waals surface area (Å²) in [6, 6.07) is 4.22. The third-order valence-corrected chi connectivity index (χ3v) is 4.71. The van der Waals surface area contributed by atoms with Gasteiger partial charge in [-0.25, -0.2) is 4.68 Å².